The van der Waals surface area contributed by atoms with Gasteiger partial charge in [0.25, 0.3) is 0 Å². The maximum atomic E-state index is 5.02. The van der Waals surface area contributed by atoms with Crippen LogP contribution in [0.3, 0.4) is 0 Å². The van der Waals surface area contributed by atoms with E-state index in [9.17, 15) is 0 Å². The summed E-state index contributed by atoms with van der Waals surface area (Å²) in [5.41, 5.74) is 2.22. The lowest BCUT2D eigenvalue weighted by molar-refractivity contribution is 0.400. The molecule has 1 aliphatic rings. The zero-order valence-corrected chi connectivity index (χ0v) is 14.6. The predicted molar refractivity (Wildman–Crippen MR) is 100 cm³/mol. The molecule has 0 spiro atoms. The molecule has 1 aliphatic heterocycles. The van der Waals surface area contributed by atoms with E-state index in [0.29, 0.717) is 23.3 Å². The van der Waals surface area contributed by atoms with Gasteiger partial charge in [-0.05, 0) is 50.5 Å². The number of piperidine rings is 1. The lowest BCUT2D eigenvalue weighted by Gasteiger charge is -2.28. The number of nitrogens with zero attached hydrogens (tertiary/aromatic N) is 5. The SMILES string of the molecule is Cc1cc(Nc2nncc(Nc3ccc(N4CCCCC4)cc3)n2)no1. The molecular formula is C18H21N7O. The molecule has 4 rings (SSSR count). The Bertz CT molecular complexity index is 856. The summed E-state index contributed by atoms with van der Waals surface area (Å²) < 4.78 is 5.02. The van der Waals surface area contributed by atoms with Crippen LogP contribution in [-0.4, -0.2) is 33.4 Å². The van der Waals surface area contributed by atoms with Crippen molar-refractivity contribution >= 4 is 29.0 Å². The third-order valence-electron chi connectivity index (χ3n) is 4.29. The first-order valence-electron chi connectivity index (χ1n) is 8.78. The summed E-state index contributed by atoms with van der Waals surface area (Å²) >= 11 is 0. The fourth-order valence-corrected chi connectivity index (χ4v) is 3.01. The van der Waals surface area contributed by atoms with E-state index in [1.54, 1.807) is 12.3 Å². The van der Waals surface area contributed by atoms with Gasteiger partial charge in [0.05, 0.1) is 6.20 Å². The van der Waals surface area contributed by atoms with Gasteiger partial charge in [-0.25, -0.2) is 0 Å². The van der Waals surface area contributed by atoms with Crippen LogP contribution in [0.2, 0.25) is 0 Å². The van der Waals surface area contributed by atoms with Crippen LogP contribution in [0.4, 0.5) is 29.0 Å². The van der Waals surface area contributed by atoms with Crippen molar-refractivity contribution in [3.05, 3.63) is 42.3 Å². The first-order chi connectivity index (χ1) is 12.8. The first-order valence-corrected chi connectivity index (χ1v) is 8.78. The highest BCUT2D eigenvalue weighted by Gasteiger charge is 2.11. The Kier molecular flexibility index (Phi) is 4.63. The minimum absolute atomic E-state index is 0.355. The van der Waals surface area contributed by atoms with Gasteiger partial charge in [-0.15, -0.1) is 5.10 Å². The number of aromatic nitrogens is 4. The molecule has 1 fully saturated rings. The van der Waals surface area contributed by atoms with Crippen molar-refractivity contribution in [1.29, 1.82) is 0 Å². The van der Waals surface area contributed by atoms with Gasteiger partial charge >= 0.3 is 0 Å². The lowest BCUT2D eigenvalue weighted by Crippen LogP contribution is -2.29. The van der Waals surface area contributed by atoms with Gasteiger partial charge in [-0.2, -0.15) is 10.1 Å². The number of hydrogen-bond acceptors (Lipinski definition) is 8. The van der Waals surface area contributed by atoms with Gasteiger partial charge in [0.1, 0.15) is 5.76 Å². The van der Waals surface area contributed by atoms with Crippen molar-refractivity contribution in [1.82, 2.24) is 20.3 Å². The van der Waals surface area contributed by atoms with Gasteiger partial charge < -0.3 is 20.1 Å². The van der Waals surface area contributed by atoms with E-state index < -0.39 is 0 Å². The third kappa shape index (κ3) is 3.90. The maximum Gasteiger partial charge on any atom is 0.250 e. The Morgan fingerprint density at radius 1 is 1.00 bits per heavy atom. The number of benzene rings is 1. The largest absolute Gasteiger partial charge is 0.372 e. The third-order valence-corrected chi connectivity index (χ3v) is 4.29. The lowest BCUT2D eigenvalue weighted by atomic mass is 10.1. The summed E-state index contributed by atoms with van der Waals surface area (Å²) in [7, 11) is 0. The zero-order chi connectivity index (χ0) is 17.8. The molecular weight excluding hydrogens is 330 g/mol. The summed E-state index contributed by atoms with van der Waals surface area (Å²) in [6.45, 7) is 4.10. The Labute approximate surface area is 151 Å². The highest BCUT2D eigenvalue weighted by Crippen LogP contribution is 2.23. The number of rotatable bonds is 5. The van der Waals surface area contributed by atoms with Crippen LogP contribution in [0.25, 0.3) is 0 Å². The van der Waals surface area contributed by atoms with E-state index in [1.807, 2.05) is 6.92 Å². The molecule has 0 aliphatic carbocycles. The molecule has 0 amide bonds. The summed E-state index contributed by atoms with van der Waals surface area (Å²) in [5.74, 6) is 2.22. The second-order valence-corrected chi connectivity index (χ2v) is 6.33. The Morgan fingerprint density at radius 3 is 2.54 bits per heavy atom. The van der Waals surface area contributed by atoms with Gasteiger partial charge in [-0.3, -0.25) is 0 Å². The Balaban J connectivity index is 1.42. The molecule has 2 N–H and O–H groups in total. The number of hydrogen-bond donors (Lipinski definition) is 2. The average Bonchev–Trinajstić information content (AvgIpc) is 3.08. The number of aryl methyl sites for hydroxylation is 1. The molecule has 3 heterocycles. The van der Waals surface area contributed by atoms with Crippen LogP contribution in [-0.2, 0) is 0 Å². The molecule has 3 aromatic rings. The highest BCUT2D eigenvalue weighted by molar-refractivity contribution is 5.61. The molecule has 1 saturated heterocycles. The molecule has 26 heavy (non-hydrogen) atoms. The average molecular weight is 351 g/mol. The first kappa shape index (κ1) is 16.3. The maximum absolute atomic E-state index is 5.02. The second kappa shape index (κ2) is 7.38. The van der Waals surface area contributed by atoms with Crippen LogP contribution in [0, 0.1) is 6.92 Å². The quantitative estimate of drug-likeness (QED) is 0.720. The molecule has 8 nitrogen and oxygen atoms in total. The molecule has 1 aromatic carbocycles. The van der Waals surface area contributed by atoms with Gasteiger partial charge in [-0.1, -0.05) is 5.16 Å². The molecule has 0 saturated carbocycles. The van der Waals surface area contributed by atoms with E-state index in [0.717, 1.165) is 18.8 Å². The smallest absolute Gasteiger partial charge is 0.250 e. The van der Waals surface area contributed by atoms with Crippen LogP contribution in [0.15, 0.2) is 41.1 Å². The summed E-state index contributed by atoms with van der Waals surface area (Å²) in [4.78, 5) is 6.83. The molecule has 0 atom stereocenters. The van der Waals surface area contributed by atoms with Crippen LogP contribution in [0.5, 0.6) is 0 Å². The van der Waals surface area contributed by atoms with Crippen LogP contribution in [0.1, 0.15) is 25.0 Å². The normalized spacial score (nSPS) is 14.3. The minimum atomic E-state index is 0.355. The van der Waals surface area contributed by atoms with Crippen LogP contribution < -0.4 is 15.5 Å². The molecule has 8 heteroatoms. The van der Waals surface area contributed by atoms with Crippen molar-refractivity contribution in [2.75, 3.05) is 28.6 Å². The molecule has 0 unspecified atom stereocenters. The minimum Gasteiger partial charge on any atom is -0.372 e. The van der Waals surface area contributed by atoms with E-state index >= 15 is 0 Å². The number of anilines is 5. The van der Waals surface area contributed by atoms with E-state index in [2.05, 4.69) is 60.1 Å². The molecule has 0 radical (unpaired) electrons. The monoisotopic (exact) mass is 351 g/mol. The molecule has 2 aromatic heterocycles. The van der Waals surface area contributed by atoms with E-state index in [1.165, 1.54) is 24.9 Å². The van der Waals surface area contributed by atoms with Crippen molar-refractivity contribution in [3.63, 3.8) is 0 Å². The highest BCUT2D eigenvalue weighted by atomic mass is 16.5. The Hall–Kier alpha value is -3.16. The van der Waals surface area contributed by atoms with Crippen molar-refractivity contribution in [2.24, 2.45) is 0 Å². The molecule has 0 bridgehead atoms. The van der Waals surface area contributed by atoms with Crippen molar-refractivity contribution in [2.45, 2.75) is 26.2 Å². The zero-order valence-electron chi connectivity index (χ0n) is 14.6. The molecule has 134 valence electrons. The predicted octanol–water partition coefficient (Wildman–Crippen LogP) is 3.65. The van der Waals surface area contributed by atoms with E-state index in [-0.39, 0.29) is 0 Å². The summed E-state index contributed by atoms with van der Waals surface area (Å²) in [6, 6.07) is 10.2. The number of nitrogens with one attached hydrogen (secondary N) is 2. The van der Waals surface area contributed by atoms with E-state index in [4.69, 9.17) is 4.52 Å². The van der Waals surface area contributed by atoms with Gasteiger partial charge in [0, 0.05) is 30.5 Å². The standard InChI is InChI=1S/C18H21N7O/c1-13-11-16(24-26-13)21-18-22-17(12-19-23-18)20-14-5-7-15(8-6-14)25-9-3-2-4-10-25/h5-8,11-12H,2-4,9-10H2,1H3,(H2,20,21,22,23,24). The van der Waals surface area contributed by atoms with Crippen molar-refractivity contribution in [3.8, 4) is 0 Å². The topological polar surface area (TPSA) is 92.0 Å². The summed E-state index contributed by atoms with van der Waals surface area (Å²) in [6.07, 6.45) is 5.46. The van der Waals surface area contributed by atoms with Crippen molar-refractivity contribution < 1.29 is 4.52 Å². The van der Waals surface area contributed by atoms with Gasteiger partial charge in [0.2, 0.25) is 5.95 Å². The van der Waals surface area contributed by atoms with Gasteiger partial charge in [0.15, 0.2) is 11.6 Å². The Morgan fingerprint density at radius 2 is 1.81 bits per heavy atom. The fraction of sp³-hybridized carbons (Fsp3) is 0.333. The summed E-state index contributed by atoms with van der Waals surface area (Å²) in [5, 5.41) is 18.0. The second-order valence-electron chi connectivity index (χ2n) is 6.33. The van der Waals surface area contributed by atoms with Crippen LogP contribution >= 0.6 is 0 Å². The fourth-order valence-electron chi connectivity index (χ4n) is 3.01.